The van der Waals surface area contributed by atoms with Crippen LogP contribution in [0, 0.1) is 0 Å². The Hall–Kier alpha value is -1.58. The first kappa shape index (κ1) is 24.7. The van der Waals surface area contributed by atoms with Crippen LogP contribution in [-0.4, -0.2) is 72.9 Å². The molecule has 1 N–H and O–H groups in total. The molecule has 0 aliphatic heterocycles. The Kier molecular flexibility index (Phi) is 9.93. The molecule has 10 nitrogen and oxygen atoms in total. The van der Waals surface area contributed by atoms with E-state index in [0.29, 0.717) is 0 Å². The molecule has 0 amide bonds. The Morgan fingerprint density at radius 1 is 1.04 bits per heavy atom. The summed E-state index contributed by atoms with van der Waals surface area (Å²) in [6.45, 7) is 0.0734. The molecule has 0 rings (SSSR count). The minimum absolute atomic E-state index is 0. The number of likely N-dealkylation sites (N-methyl/N-ethyl adjacent to an activating group) is 1. The third kappa shape index (κ3) is 10.2. The van der Waals surface area contributed by atoms with Crippen LogP contribution in [0.2, 0.25) is 0 Å². The molecule has 0 radical (unpaired) electrons. The van der Waals surface area contributed by atoms with Gasteiger partial charge in [0.2, 0.25) is 0 Å². The predicted molar refractivity (Wildman–Crippen MR) is 66.6 cm³/mol. The van der Waals surface area contributed by atoms with Crippen molar-refractivity contribution in [3.05, 3.63) is 0 Å². The average molecular weight is 399 g/mol. The summed E-state index contributed by atoms with van der Waals surface area (Å²) in [5, 5.41) is 41.6. The molecule has 11 heteroatoms. The zero-order valence-corrected chi connectivity index (χ0v) is 16.7. The summed E-state index contributed by atoms with van der Waals surface area (Å²) in [6.07, 6.45) is -4.36. The van der Waals surface area contributed by atoms with Crippen molar-refractivity contribution in [3.8, 4) is 0 Å². The number of aliphatic carboxylic acids is 3. The second-order valence-corrected chi connectivity index (χ2v) is 6.21. The molecule has 0 fully saturated rings. The van der Waals surface area contributed by atoms with Crippen LogP contribution < -0.4 is 15.3 Å². The quantitative estimate of drug-likeness (QED) is 0.215. The van der Waals surface area contributed by atoms with Gasteiger partial charge in [-0.1, -0.05) is 0 Å². The van der Waals surface area contributed by atoms with E-state index in [4.69, 9.17) is 4.74 Å². The third-order valence-corrected chi connectivity index (χ3v) is 2.70. The maximum atomic E-state index is 11.7. The van der Waals surface area contributed by atoms with Gasteiger partial charge >= 0.3 is 25.4 Å². The van der Waals surface area contributed by atoms with Crippen molar-refractivity contribution in [1.29, 1.82) is 0 Å². The number of aliphatic hydroxyl groups is 1. The molecule has 0 aliphatic carbocycles. The molecule has 0 spiro atoms. The van der Waals surface area contributed by atoms with Crippen molar-refractivity contribution in [1.82, 2.24) is 0 Å². The van der Waals surface area contributed by atoms with Crippen molar-refractivity contribution in [2.45, 2.75) is 31.0 Å². The van der Waals surface area contributed by atoms with Gasteiger partial charge in [-0.3, -0.25) is 4.79 Å². The van der Waals surface area contributed by atoms with Gasteiger partial charge in [-0.15, -0.1) is 0 Å². The first-order chi connectivity index (χ1) is 10.2. The Morgan fingerprint density at radius 2 is 1.54 bits per heavy atom. The molecule has 0 aromatic carbocycles. The van der Waals surface area contributed by atoms with Gasteiger partial charge in [0.15, 0.2) is 6.10 Å². The number of ether oxygens (including phenoxy) is 1. The number of carboxylic acids is 3. The number of carbonyl (C=O) groups is 4. The number of nitrogens with zero attached hydrogens (tertiary/aromatic N) is 1. The maximum absolute atomic E-state index is 11.7. The molecule has 0 aromatic rings. The van der Waals surface area contributed by atoms with E-state index in [1.807, 2.05) is 0 Å². The number of hydrogen-bond donors (Lipinski definition) is 1. The molecule has 132 valence electrons. The smallest absolute Gasteiger partial charge is 0.550 e. The van der Waals surface area contributed by atoms with E-state index in [1.54, 1.807) is 21.1 Å². The third-order valence-electron chi connectivity index (χ3n) is 2.70. The van der Waals surface area contributed by atoms with E-state index in [2.05, 4.69) is 0 Å². The normalized spacial score (nSPS) is 14.7. The van der Waals surface area contributed by atoms with Crippen molar-refractivity contribution in [2.75, 3.05) is 27.7 Å². The molecule has 0 bridgehead atoms. The summed E-state index contributed by atoms with van der Waals surface area (Å²) in [5.41, 5.74) is -3.00. The van der Waals surface area contributed by atoms with Crippen LogP contribution in [-0.2, 0) is 43.4 Å². The molecule has 0 aliphatic rings. The summed E-state index contributed by atoms with van der Waals surface area (Å²) in [4.78, 5) is 43.7. The van der Waals surface area contributed by atoms with Crippen LogP contribution in [0.25, 0.3) is 0 Å². The Morgan fingerprint density at radius 3 is 1.88 bits per heavy atom. The van der Waals surface area contributed by atoms with Crippen molar-refractivity contribution in [3.63, 3.8) is 0 Å². The van der Waals surface area contributed by atoms with Gasteiger partial charge in [-0.2, -0.15) is 0 Å². The summed E-state index contributed by atoms with van der Waals surface area (Å²) >= 11 is 0. The molecule has 24 heavy (non-hydrogen) atoms. The average Bonchev–Trinajstić information content (AvgIpc) is 2.22. The standard InChI is InChI=1S/C13H21NO9.Zn/c1-14(2,3)7-8(4-9(15)16)23-11(19)6-13(22,12(20)21)5-10(17)18;/h8,22H,4-7H2,1-3H3,(H2-,15,16,17,18,20,21);/q;+2/p-2. The fourth-order valence-corrected chi connectivity index (χ4v) is 1.85. The number of carboxylic acid groups (broad SMARTS) is 3. The van der Waals surface area contributed by atoms with Gasteiger partial charge in [-0.05, 0) is 0 Å². The second kappa shape index (κ2) is 9.65. The van der Waals surface area contributed by atoms with E-state index in [-0.39, 0.29) is 30.5 Å². The van der Waals surface area contributed by atoms with Crippen LogP contribution in [0.3, 0.4) is 0 Å². The van der Waals surface area contributed by atoms with Crippen molar-refractivity contribution < 1.29 is 68.3 Å². The van der Waals surface area contributed by atoms with Gasteiger partial charge in [-0.25, -0.2) is 0 Å². The van der Waals surface area contributed by atoms with Crippen LogP contribution >= 0.6 is 0 Å². The molecule has 0 saturated heterocycles. The number of carbonyl (C=O) groups excluding carboxylic acids is 4. The van der Waals surface area contributed by atoms with Gasteiger partial charge in [0.05, 0.1) is 33.5 Å². The maximum Gasteiger partial charge on any atom is 2.00 e. The zero-order valence-electron chi connectivity index (χ0n) is 13.8. The van der Waals surface area contributed by atoms with Crippen molar-refractivity contribution >= 4 is 23.9 Å². The van der Waals surface area contributed by atoms with Crippen LogP contribution in [0.1, 0.15) is 19.3 Å². The summed E-state index contributed by atoms with van der Waals surface area (Å²) in [7, 11) is 5.09. The van der Waals surface area contributed by atoms with Gasteiger partial charge in [0, 0.05) is 24.8 Å². The zero-order chi connectivity index (χ0) is 18.4. The first-order valence-electron chi connectivity index (χ1n) is 6.58. The van der Waals surface area contributed by atoms with E-state index < -0.39 is 54.8 Å². The Labute approximate surface area is 151 Å². The van der Waals surface area contributed by atoms with Crippen LogP contribution in [0.4, 0.5) is 0 Å². The van der Waals surface area contributed by atoms with E-state index in [1.165, 1.54) is 0 Å². The van der Waals surface area contributed by atoms with Gasteiger partial charge < -0.3 is 44.0 Å². The monoisotopic (exact) mass is 397 g/mol. The minimum atomic E-state index is -3.00. The number of hydrogen-bond acceptors (Lipinski definition) is 9. The summed E-state index contributed by atoms with van der Waals surface area (Å²) in [5.74, 6) is -6.84. The van der Waals surface area contributed by atoms with Crippen LogP contribution in [0.15, 0.2) is 0 Å². The Bertz CT molecular complexity index is 488. The SMILES string of the molecule is C[N+](C)(C)CC(CC(=O)[O-])OC(=O)CC(O)(CC(=O)[O-])C(=O)[O-].[Zn+2]. The fourth-order valence-electron chi connectivity index (χ4n) is 1.85. The second-order valence-electron chi connectivity index (χ2n) is 6.21. The molecular weight excluding hydrogens is 380 g/mol. The van der Waals surface area contributed by atoms with Gasteiger partial charge in [0.1, 0.15) is 12.1 Å². The van der Waals surface area contributed by atoms with E-state index >= 15 is 0 Å². The molecule has 0 aromatic heterocycles. The number of quaternary nitrogens is 1. The van der Waals surface area contributed by atoms with E-state index in [9.17, 15) is 39.6 Å². The molecular formula is C13H19NO9Zn. The largest absolute Gasteiger partial charge is 2.00 e. The molecule has 2 unspecified atom stereocenters. The van der Waals surface area contributed by atoms with Crippen molar-refractivity contribution in [2.24, 2.45) is 0 Å². The predicted octanol–water partition coefficient (Wildman–Crippen LogP) is -5.25. The minimum Gasteiger partial charge on any atom is -0.550 e. The van der Waals surface area contributed by atoms with Gasteiger partial charge in [0.25, 0.3) is 0 Å². The fraction of sp³-hybridized carbons (Fsp3) is 0.692. The van der Waals surface area contributed by atoms with E-state index in [0.717, 1.165) is 0 Å². The molecule has 2 atom stereocenters. The summed E-state index contributed by atoms with van der Waals surface area (Å²) in [6, 6.07) is 0. The summed E-state index contributed by atoms with van der Waals surface area (Å²) < 4.78 is 5.06. The topological polar surface area (TPSA) is 167 Å². The first-order valence-corrected chi connectivity index (χ1v) is 6.58. The molecule has 0 saturated carbocycles. The number of rotatable bonds is 10. The van der Waals surface area contributed by atoms with Crippen LogP contribution in [0.5, 0.6) is 0 Å². The molecule has 0 heterocycles. The Balaban J connectivity index is 0. The number of esters is 1.